The quantitative estimate of drug-likeness (QED) is 0.851. The van der Waals surface area contributed by atoms with Gasteiger partial charge in [-0.05, 0) is 36.8 Å². The largest absolute Gasteiger partial charge is 0.356 e. The van der Waals surface area contributed by atoms with E-state index in [0.717, 1.165) is 31.2 Å². The molecule has 2 aromatic rings. The summed E-state index contributed by atoms with van der Waals surface area (Å²) in [5.41, 5.74) is 2.19. The van der Waals surface area contributed by atoms with Crippen molar-refractivity contribution >= 4 is 11.9 Å². The van der Waals surface area contributed by atoms with Crippen molar-refractivity contribution in [2.75, 3.05) is 19.6 Å². The third kappa shape index (κ3) is 5.84. The van der Waals surface area contributed by atoms with E-state index in [4.69, 9.17) is 0 Å². The molecule has 0 bridgehead atoms. The van der Waals surface area contributed by atoms with E-state index < -0.39 is 0 Å². The summed E-state index contributed by atoms with van der Waals surface area (Å²) in [6, 6.07) is 19.6. The van der Waals surface area contributed by atoms with E-state index in [-0.39, 0.29) is 24.4 Å². The molecule has 1 heterocycles. The summed E-state index contributed by atoms with van der Waals surface area (Å²) in [7, 11) is 0. The predicted molar refractivity (Wildman–Crippen MR) is 111 cm³/mol. The molecule has 1 aliphatic heterocycles. The van der Waals surface area contributed by atoms with Crippen LogP contribution in [0.5, 0.6) is 0 Å². The van der Waals surface area contributed by atoms with Crippen LogP contribution in [0.4, 0.5) is 4.79 Å². The molecular formula is C23H29N3O2. The molecule has 0 aliphatic carbocycles. The van der Waals surface area contributed by atoms with Gasteiger partial charge in [0.1, 0.15) is 0 Å². The molecule has 5 nitrogen and oxygen atoms in total. The van der Waals surface area contributed by atoms with Crippen LogP contribution in [-0.4, -0.2) is 36.5 Å². The third-order valence-electron chi connectivity index (χ3n) is 5.13. The van der Waals surface area contributed by atoms with E-state index in [1.807, 2.05) is 53.4 Å². The van der Waals surface area contributed by atoms with Crippen LogP contribution >= 0.6 is 0 Å². The minimum absolute atomic E-state index is 0.00200. The Bertz CT molecular complexity index is 749. The summed E-state index contributed by atoms with van der Waals surface area (Å²) in [5, 5.41) is 6.03. The molecule has 1 aliphatic rings. The fourth-order valence-electron chi connectivity index (χ4n) is 3.60. The number of amides is 3. The lowest BCUT2D eigenvalue weighted by atomic mass is 10.0. The molecule has 2 N–H and O–H groups in total. The minimum atomic E-state index is -0.254. The highest BCUT2D eigenvalue weighted by molar-refractivity contribution is 5.79. The van der Waals surface area contributed by atoms with Gasteiger partial charge in [0.2, 0.25) is 5.91 Å². The summed E-state index contributed by atoms with van der Waals surface area (Å²) in [6.07, 6.45) is 3.96. The fraction of sp³-hybridized carbons (Fsp3) is 0.391. The van der Waals surface area contributed by atoms with Crippen LogP contribution in [-0.2, 0) is 11.2 Å². The van der Waals surface area contributed by atoms with E-state index in [1.165, 1.54) is 5.56 Å². The van der Waals surface area contributed by atoms with Crippen molar-refractivity contribution in [1.29, 1.82) is 0 Å². The molecular weight excluding hydrogens is 350 g/mol. The zero-order chi connectivity index (χ0) is 19.6. The molecule has 28 heavy (non-hydrogen) atoms. The fourth-order valence-corrected chi connectivity index (χ4v) is 3.60. The lowest BCUT2D eigenvalue weighted by Crippen LogP contribution is -2.45. The maximum absolute atomic E-state index is 13.0. The molecule has 1 unspecified atom stereocenters. The zero-order valence-corrected chi connectivity index (χ0v) is 16.3. The number of hydrogen-bond acceptors (Lipinski definition) is 2. The Morgan fingerprint density at radius 1 is 1.00 bits per heavy atom. The molecule has 1 atom stereocenters. The van der Waals surface area contributed by atoms with Gasteiger partial charge in [-0.1, -0.05) is 60.7 Å². The van der Waals surface area contributed by atoms with Gasteiger partial charge in [-0.15, -0.1) is 0 Å². The molecule has 5 heteroatoms. The van der Waals surface area contributed by atoms with Gasteiger partial charge >= 0.3 is 6.03 Å². The van der Waals surface area contributed by atoms with Crippen LogP contribution in [0, 0.1) is 0 Å². The van der Waals surface area contributed by atoms with Crippen LogP contribution in [0.2, 0.25) is 0 Å². The Morgan fingerprint density at radius 2 is 1.71 bits per heavy atom. The van der Waals surface area contributed by atoms with Crippen LogP contribution in [0.1, 0.15) is 42.9 Å². The van der Waals surface area contributed by atoms with Gasteiger partial charge in [-0.3, -0.25) is 4.79 Å². The Hall–Kier alpha value is -2.82. The standard InChI is InChI=1S/C23H29N3O2/c27-22-18-21(20-12-6-2-7-13-20)26(17-9-3-8-15-24-22)23(28)25-16-14-19-10-4-1-5-11-19/h1-2,4-7,10-13,21H,3,8-9,14-18H2,(H,24,27)(H,25,28). The van der Waals surface area contributed by atoms with Crippen LogP contribution in [0.15, 0.2) is 60.7 Å². The van der Waals surface area contributed by atoms with Gasteiger partial charge in [0.25, 0.3) is 0 Å². The second kappa shape index (κ2) is 10.5. The number of rotatable bonds is 4. The van der Waals surface area contributed by atoms with Crippen molar-refractivity contribution in [1.82, 2.24) is 15.5 Å². The molecule has 3 rings (SSSR count). The molecule has 1 fully saturated rings. The van der Waals surface area contributed by atoms with E-state index in [0.29, 0.717) is 19.6 Å². The topological polar surface area (TPSA) is 61.4 Å². The monoisotopic (exact) mass is 379 g/mol. The molecule has 0 radical (unpaired) electrons. The zero-order valence-electron chi connectivity index (χ0n) is 16.3. The summed E-state index contributed by atoms with van der Waals surface area (Å²) in [6.45, 7) is 1.95. The van der Waals surface area contributed by atoms with Gasteiger partial charge in [-0.2, -0.15) is 0 Å². The summed E-state index contributed by atoms with van der Waals surface area (Å²) in [5.74, 6) is -0.00200. The third-order valence-corrected chi connectivity index (χ3v) is 5.13. The van der Waals surface area contributed by atoms with Crippen molar-refractivity contribution in [3.8, 4) is 0 Å². The number of urea groups is 1. The number of carbonyl (C=O) groups excluding carboxylic acids is 2. The van der Waals surface area contributed by atoms with Crippen molar-refractivity contribution in [3.63, 3.8) is 0 Å². The van der Waals surface area contributed by atoms with Crippen LogP contribution in [0.3, 0.4) is 0 Å². The lowest BCUT2D eigenvalue weighted by Gasteiger charge is -2.33. The van der Waals surface area contributed by atoms with Gasteiger partial charge in [0, 0.05) is 19.6 Å². The highest BCUT2D eigenvalue weighted by Crippen LogP contribution is 2.25. The first kappa shape index (κ1) is 19.9. The minimum Gasteiger partial charge on any atom is -0.356 e. The summed E-state index contributed by atoms with van der Waals surface area (Å²) in [4.78, 5) is 27.2. The van der Waals surface area contributed by atoms with E-state index in [9.17, 15) is 9.59 Å². The maximum atomic E-state index is 13.0. The van der Waals surface area contributed by atoms with Crippen molar-refractivity contribution < 1.29 is 9.59 Å². The average Bonchev–Trinajstić information content (AvgIpc) is 2.73. The van der Waals surface area contributed by atoms with E-state index >= 15 is 0 Å². The second-order valence-corrected chi connectivity index (χ2v) is 7.20. The van der Waals surface area contributed by atoms with Crippen molar-refractivity contribution in [2.24, 2.45) is 0 Å². The molecule has 2 aromatic carbocycles. The Labute approximate surface area is 167 Å². The summed E-state index contributed by atoms with van der Waals surface area (Å²) < 4.78 is 0. The highest BCUT2D eigenvalue weighted by atomic mass is 16.2. The molecule has 0 saturated carbocycles. The Morgan fingerprint density at radius 3 is 2.46 bits per heavy atom. The Balaban J connectivity index is 1.71. The molecule has 148 valence electrons. The van der Waals surface area contributed by atoms with Gasteiger partial charge < -0.3 is 15.5 Å². The first-order valence-corrected chi connectivity index (χ1v) is 10.1. The second-order valence-electron chi connectivity index (χ2n) is 7.20. The van der Waals surface area contributed by atoms with Gasteiger partial charge in [0.15, 0.2) is 0 Å². The average molecular weight is 380 g/mol. The first-order valence-electron chi connectivity index (χ1n) is 10.1. The number of nitrogens with one attached hydrogen (secondary N) is 2. The van der Waals surface area contributed by atoms with Gasteiger partial charge in [-0.25, -0.2) is 4.79 Å². The van der Waals surface area contributed by atoms with Crippen LogP contribution in [0.25, 0.3) is 0 Å². The van der Waals surface area contributed by atoms with E-state index in [2.05, 4.69) is 22.8 Å². The lowest BCUT2D eigenvalue weighted by molar-refractivity contribution is -0.122. The maximum Gasteiger partial charge on any atom is 0.317 e. The predicted octanol–water partition coefficient (Wildman–Crippen LogP) is 3.67. The number of nitrogens with zero attached hydrogens (tertiary/aromatic N) is 1. The SMILES string of the molecule is O=C1CC(c2ccccc2)N(C(=O)NCCc2ccccc2)CCCCCN1. The Kier molecular flexibility index (Phi) is 7.47. The van der Waals surface area contributed by atoms with Crippen molar-refractivity contribution in [3.05, 3.63) is 71.8 Å². The van der Waals surface area contributed by atoms with E-state index in [1.54, 1.807) is 0 Å². The molecule has 3 amide bonds. The molecule has 1 saturated heterocycles. The highest BCUT2D eigenvalue weighted by Gasteiger charge is 2.27. The van der Waals surface area contributed by atoms with Crippen LogP contribution < -0.4 is 10.6 Å². The number of benzene rings is 2. The normalized spacial score (nSPS) is 18.2. The summed E-state index contributed by atoms with van der Waals surface area (Å²) >= 11 is 0. The molecule has 0 aromatic heterocycles. The smallest absolute Gasteiger partial charge is 0.317 e. The number of carbonyl (C=O) groups is 2. The first-order chi connectivity index (χ1) is 13.7. The van der Waals surface area contributed by atoms with Crippen molar-refractivity contribution in [2.45, 2.75) is 38.1 Å². The number of hydrogen-bond donors (Lipinski definition) is 2. The van der Waals surface area contributed by atoms with Gasteiger partial charge in [0.05, 0.1) is 12.5 Å². The molecule has 0 spiro atoms.